The van der Waals surface area contributed by atoms with Gasteiger partial charge in [0.15, 0.2) is 0 Å². The van der Waals surface area contributed by atoms with Crippen LogP contribution in [-0.4, -0.2) is 23.2 Å². The van der Waals surface area contributed by atoms with Gasteiger partial charge in [-0.3, -0.25) is 4.79 Å². The summed E-state index contributed by atoms with van der Waals surface area (Å²) in [6.07, 6.45) is 4.45. The summed E-state index contributed by atoms with van der Waals surface area (Å²) in [6, 6.07) is 2.63. The lowest BCUT2D eigenvalue weighted by Crippen LogP contribution is -2.44. The first-order chi connectivity index (χ1) is 9.41. The highest BCUT2D eigenvalue weighted by atomic mass is 19.1. The van der Waals surface area contributed by atoms with E-state index in [4.69, 9.17) is 5.73 Å². The van der Waals surface area contributed by atoms with E-state index >= 15 is 0 Å². The molecule has 20 heavy (non-hydrogen) atoms. The minimum atomic E-state index is -0.831. The Morgan fingerprint density at radius 1 is 1.40 bits per heavy atom. The van der Waals surface area contributed by atoms with E-state index in [1.54, 1.807) is 6.92 Å². The lowest BCUT2D eigenvalue weighted by molar-refractivity contribution is 0.00525. The maximum absolute atomic E-state index is 13.6. The van der Waals surface area contributed by atoms with E-state index in [9.17, 15) is 14.3 Å². The summed E-state index contributed by atoms with van der Waals surface area (Å²) in [5.41, 5.74) is 5.61. The Labute approximate surface area is 118 Å². The van der Waals surface area contributed by atoms with Crippen molar-refractivity contribution < 1.29 is 14.3 Å². The van der Waals surface area contributed by atoms with Crippen LogP contribution >= 0.6 is 0 Å². The predicted molar refractivity (Wildman–Crippen MR) is 75.9 cm³/mol. The molecule has 0 spiro atoms. The zero-order valence-corrected chi connectivity index (χ0v) is 11.7. The van der Waals surface area contributed by atoms with Gasteiger partial charge in [-0.05, 0) is 31.9 Å². The van der Waals surface area contributed by atoms with Gasteiger partial charge in [0, 0.05) is 23.4 Å². The van der Waals surface area contributed by atoms with Crippen molar-refractivity contribution in [1.29, 1.82) is 0 Å². The maximum atomic E-state index is 13.6. The Balaban J connectivity index is 2.01. The normalized spacial score (nSPS) is 17.8. The molecule has 1 amide bonds. The molecule has 0 aliphatic heterocycles. The van der Waals surface area contributed by atoms with Gasteiger partial charge in [0.25, 0.3) is 5.91 Å². The molecular formula is C15H21FN2O2. The van der Waals surface area contributed by atoms with E-state index in [1.807, 2.05) is 0 Å². The van der Waals surface area contributed by atoms with Gasteiger partial charge in [-0.25, -0.2) is 4.39 Å². The maximum Gasteiger partial charge on any atom is 0.251 e. The first kappa shape index (κ1) is 14.8. The van der Waals surface area contributed by atoms with Gasteiger partial charge in [-0.1, -0.05) is 19.3 Å². The molecule has 0 radical (unpaired) electrons. The highest BCUT2D eigenvalue weighted by Gasteiger charge is 2.29. The molecule has 4 N–H and O–H groups in total. The summed E-state index contributed by atoms with van der Waals surface area (Å²) in [7, 11) is 0. The van der Waals surface area contributed by atoms with E-state index < -0.39 is 17.3 Å². The van der Waals surface area contributed by atoms with Crippen LogP contribution in [0.5, 0.6) is 0 Å². The number of rotatable bonds is 3. The van der Waals surface area contributed by atoms with Crippen LogP contribution < -0.4 is 11.1 Å². The Morgan fingerprint density at radius 2 is 2.05 bits per heavy atom. The van der Waals surface area contributed by atoms with Crippen LogP contribution in [0.15, 0.2) is 12.1 Å². The number of nitrogens with two attached hydrogens (primary N) is 1. The Morgan fingerprint density at radius 3 is 2.65 bits per heavy atom. The predicted octanol–water partition coefficient (Wildman–Crippen LogP) is 2.14. The fraction of sp³-hybridized carbons (Fsp3) is 0.533. The summed E-state index contributed by atoms with van der Waals surface area (Å²) in [5, 5.41) is 13.0. The van der Waals surface area contributed by atoms with Crippen LogP contribution in [0, 0.1) is 12.7 Å². The lowest BCUT2D eigenvalue weighted by atomic mass is 9.85. The third-order valence-electron chi connectivity index (χ3n) is 4.01. The number of aliphatic hydroxyl groups is 1. The highest BCUT2D eigenvalue weighted by molar-refractivity contribution is 5.95. The van der Waals surface area contributed by atoms with E-state index in [0.717, 1.165) is 19.3 Å². The SMILES string of the molecule is Cc1c(N)cc(C(=O)NCC2(O)CCCCC2)cc1F. The molecule has 0 bridgehead atoms. The van der Waals surface area contributed by atoms with E-state index in [0.29, 0.717) is 18.4 Å². The fourth-order valence-corrected chi connectivity index (χ4v) is 2.56. The van der Waals surface area contributed by atoms with Gasteiger partial charge >= 0.3 is 0 Å². The van der Waals surface area contributed by atoms with Crippen LogP contribution in [0.4, 0.5) is 10.1 Å². The molecule has 0 atom stereocenters. The first-order valence-electron chi connectivity index (χ1n) is 6.97. The average molecular weight is 280 g/mol. The fourth-order valence-electron chi connectivity index (χ4n) is 2.56. The summed E-state index contributed by atoms with van der Waals surface area (Å²) < 4.78 is 13.6. The minimum Gasteiger partial charge on any atom is -0.398 e. The molecule has 0 saturated heterocycles. The molecule has 2 rings (SSSR count). The number of hydrogen-bond acceptors (Lipinski definition) is 3. The minimum absolute atomic E-state index is 0.185. The number of benzene rings is 1. The van der Waals surface area contributed by atoms with Gasteiger partial charge in [-0.2, -0.15) is 0 Å². The van der Waals surface area contributed by atoms with Crippen LogP contribution in [0.25, 0.3) is 0 Å². The van der Waals surface area contributed by atoms with Gasteiger partial charge in [0.2, 0.25) is 0 Å². The molecule has 1 aromatic carbocycles. The second-order valence-corrected chi connectivity index (χ2v) is 5.64. The molecule has 5 heteroatoms. The molecule has 0 aromatic heterocycles. The summed E-state index contributed by atoms with van der Waals surface area (Å²) >= 11 is 0. The molecule has 1 saturated carbocycles. The first-order valence-corrected chi connectivity index (χ1v) is 6.97. The molecule has 1 fully saturated rings. The Hall–Kier alpha value is -1.62. The van der Waals surface area contributed by atoms with Crippen LogP contribution in [0.1, 0.15) is 48.0 Å². The number of anilines is 1. The molecule has 1 aliphatic rings. The van der Waals surface area contributed by atoms with Gasteiger partial charge in [-0.15, -0.1) is 0 Å². The molecule has 1 aliphatic carbocycles. The average Bonchev–Trinajstić information content (AvgIpc) is 2.42. The van der Waals surface area contributed by atoms with Gasteiger partial charge < -0.3 is 16.2 Å². The van der Waals surface area contributed by atoms with Crippen molar-refractivity contribution in [2.45, 2.75) is 44.6 Å². The molecule has 110 valence electrons. The topological polar surface area (TPSA) is 75.4 Å². The number of carbonyl (C=O) groups is 1. The molecular weight excluding hydrogens is 259 g/mol. The zero-order valence-electron chi connectivity index (χ0n) is 11.7. The van der Waals surface area contributed by atoms with Crippen molar-refractivity contribution >= 4 is 11.6 Å². The molecule has 4 nitrogen and oxygen atoms in total. The van der Waals surface area contributed by atoms with Crippen molar-refractivity contribution in [3.63, 3.8) is 0 Å². The Kier molecular flexibility index (Phi) is 4.28. The highest BCUT2D eigenvalue weighted by Crippen LogP contribution is 2.27. The van der Waals surface area contributed by atoms with Crippen molar-refractivity contribution in [1.82, 2.24) is 5.32 Å². The smallest absolute Gasteiger partial charge is 0.251 e. The second kappa shape index (κ2) is 5.79. The third kappa shape index (κ3) is 3.28. The van der Waals surface area contributed by atoms with Crippen LogP contribution in [-0.2, 0) is 0 Å². The number of carbonyl (C=O) groups excluding carboxylic acids is 1. The molecule has 0 heterocycles. The van der Waals surface area contributed by atoms with Gasteiger partial charge in [0.1, 0.15) is 5.82 Å². The quantitative estimate of drug-likeness (QED) is 0.743. The van der Waals surface area contributed by atoms with Crippen molar-refractivity contribution in [3.05, 3.63) is 29.1 Å². The van der Waals surface area contributed by atoms with Crippen molar-refractivity contribution in [3.8, 4) is 0 Å². The molecule has 1 aromatic rings. The third-order valence-corrected chi connectivity index (χ3v) is 4.01. The van der Waals surface area contributed by atoms with E-state index in [1.165, 1.54) is 12.1 Å². The molecule has 0 unspecified atom stereocenters. The number of hydrogen-bond donors (Lipinski definition) is 3. The Bertz CT molecular complexity index is 488. The monoisotopic (exact) mass is 280 g/mol. The van der Waals surface area contributed by atoms with Crippen LogP contribution in [0.3, 0.4) is 0 Å². The standard InChI is InChI=1S/C15H21FN2O2/c1-10-12(16)7-11(8-13(10)17)14(19)18-9-15(20)5-3-2-4-6-15/h7-8,20H,2-6,9,17H2,1H3,(H,18,19). The number of nitrogen functional groups attached to an aromatic ring is 1. The largest absolute Gasteiger partial charge is 0.398 e. The lowest BCUT2D eigenvalue weighted by Gasteiger charge is -2.32. The number of nitrogens with one attached hydrogen (secondary N) is 1. The van der Waals surface area contributed by atoms with Crippen LogP contribution in [0.2, 0.25) is 0 Å². The van der Waals surface area contributed by atoms with Crippen molar-refractivity contribution in [2.75, 3.05) is 12.3 Å². The summed E-state index contributed by atoms with van der Waals surface area (Å²) in [6.45, 7) is 1.76. The number of halogens is 1. The van der Waals surface area contributed by atoms with E-state index in [2.05, 4.69) is 5.32 Å². The second-order valence-electron chi connectivity index (χ2n) is 5.64. The number of amides is 1. The van der Waals surface area contributed by atoms with Gasteiger partial charge in [0.05, 0.1) is 5.60 Å². The van der Waals surface area contributed by atoms with E-state index in [-0.39, 0.29) is 17.8 Å². The zero-order chi connectivity index (χ0) is 14.8. The summed E-state index contributed by atoms with van der Waals surface area (Å²) in [4.78, 5) is 12.0. The summed E-state index contributed by atoms with van der Waals surface area (Å²) in [5.74, 6) is -0.902. The van der Waals surface area contributed by atoms with Crippen molar-refractivity contribution in [2.24, 2.45) is 0 Å².